The molecule has 1 aromatic carbocycles. The highest BCUT2D eigenvalue weighted by Crippen LogP contribution is 2.27. The summed E-state index contributed by atoms with van der Waals surface area (Å²) in [6.07, 6.45) is 0. The Kier molecular flexibility index (Phi) is 5.74. The van der Waals surface area contributed by atoms with E-state index in [2.05, 4.69) is 10.6 Å². The average molecular weight is 307 g/mol. The molecule has 22 heavy (non-hydrogen) atoms. The first-order valence-electron chi connectivity index (χ1n) is 7.14. The van der Waals surface area contributed by atoms with Crippen molar-refractivity contribution in [3.05, 3.63) is 18.2 Å². The number of carbonyl (C=O) groups is 2. The third-order valence-corrected chi connectivity index (χ3v) is 3.26. The minimum atomic E-state index is -0.171. The van der Waals surface area contributed by atoms with Crippen molar-refractivity contribution in [2.24, 2.45) is 0 Å². The van der Waals surface area contributed by atoms with Crippen molar-refractivity contribution >= 4 is 23.2 Å². The van der Waals surface area contributed by atoms with Crippen LogP contribution in [0.15, 0.2) is 18.2 Å². The van der Waals surface area contributed by atoms with Gasteiger partial charge in [0.15, 0.2) is 0 Å². The summed E-state index contributed by atoms with van der Waals surface area (Å²) in [4.78, 5) is 25.3. The van der Waals surface area contributed by atoms with Crippen LogP contribution < -0.4 is 15.4 Å². The maximum Gasteiger partial charge on any atom is 0.238 e. The zero-order valence-corrected chi connectivity index (χ0v) is 12.8. The fourth-order valence-corrected chi connectivity index (χ4v) is 2.24. The van der Waals surface area contributed by atoms with Crippen LogP contribution in [0.3, 0.4) is 0 Å². The number of hydrogen-bond donors (Lipinski definition) is 2. The van der Waals surface area contributed by atoms with Gasteiger partial charge in [-0.3, -0.25) is 14.5 Å². The van der Waals surface area contributed by atoms with Crippen molar-refractivity contribution in [3.8, 4) is 5.75 Å². The van der Waals surface area contributed by atoms with Crippen LogP contribution in [-0.2, 0) is 14.3 Å². The van der Waals surface area contributed by atoms with Crippen molar-refractivity contribution in [3.63, 3.8) is 0 Å². The lowest BCUT2D eigenvalue weighted by Gasteiger charge is -2.26. The van der Waals surface area contributed by atoms with Crippen LogP contribution >= 0.6 is 0 Å². The van der Waals surface area contributed by atoms with Crippen LogP contribution in [-0.4, -0.2) is 56.7 Å². The summed E-state index contributed by atoms with van der Waals surface area (Å²) in [7, 11) is 1.53. The molecule has 1 saturated heterocycles. The molecule has 2 amide bonds. The first kappa shape index (κ1) is 16.3. The van der Waals surface area contributed by atoms with Gasteiger partial charge in [0.25, 0.3) is 0 Å². The number of ether oxygens (including phenoxy) is 2. The number of morpholine rings is 1. The van der Waals surface area contributed by atoms with Gasteiger partial charge in [-0.25, -0.2) is 0 Å². The molecule has 1 heterocycles. The van der Waals surface area contributed by atoms with Crippen LogP contribution in [0, 0.1) is 0 Å². The van der Waals surface area contributed by atoms with E-state index in [1.54, 1.807) is 18.2 Å². The second-order valence-electron chi connectivity index (χ2n) is 5.03. The predicted molar refractivity (Wildman–Crippen MR) is 83.2 cm³/mol. The highest BCUT2D eigenvalue weighted by molar-refractivity contribution is 5.95. The van der Waals surface area contributed by atoms with Crippen LogP contribution in [0.5, 0.6) is 5.75 Å². The molecule has 7 heteroatoms. The molecule has 7 nitrogen and oxygen atoms in total. The van der Waals surface area contributed by atoms with Gasteiger partial charge < -0.3 is 20.1 Å². The highest BCUT2D eigenvalue weighted by Gasteiger charge is 2.15. The summed E-state index contributed by atoms with van der Waals surface area (Å²) >= 11 is 0. The fourth-order valence-electron chi connectivity index (χ4n) is 2.24. The van der Waals surface area contributed by atoms with Crippen molar-refractivity contribution in [1.29, 1.82) is 0 Å². The molecule has 1 fully saturated rings. The number of methoxy groups -OCH3 is 1. The Morgan fingerprint density at radius 1 is 1.27 bits per heavy atom. The summed E-state index contributed by atoms with van der Waals surface area (Å²) < 4.78 is 10.5. The molecule has 0 unspecified atom stereocenters. The number of benzene rings is 1. The lowest BCUT2D eigenvalue weighted by molar-refractivity contribution is -0.118. The predicted octanol–water partition coefficient (Wildman–Crippen LogP) is 0.924. The zero-order valence-electron chi connectivity index (χ0n) is 12.8. The van der Waals surface area contributed by atoms with Gasteiger partial charge in [0.05, 0.1) is 32.6 Å². The summed E-state index contributed by atoms with van der Waals surface area (Å²) in [5.41, 5.74) is 1.14. The first-order chi connectivity index (χ1) is 10.6. The molecule has 0 bridgehead atoms. The fraction of sp³-hybridized carbons (Fsp3) is 0.467. The third kappa shape index (κ3) is 4.71. The van der Waals surface area contributed by atoms with Crippen LogP contribution in [0.4, 0.5) is 11.4 Å². The Balaban J connectivity index is 2.02. The molecule has 2 rings (SSSR count). The summed E-state index contributed by atoms with van der Waals surface area (Å²) in [5.74, 6) is 0.250. The minimum Gasteiger partial charge on any atom is -0.495 e. The summed E-state index contributed by atoms with van der Waals surface area (Å²) in [6, 6.07) is 5.10. The number of anilines is 2. The highest BCUT2D eigenvalue weighted by atomic mass is 16.5. The van der Waals surface area contributed by atoms with Crippen LogP contribution in [0.25, 0.3) is 0 Å². The molecule has 0 radical (unpaired) electrons. The van der Waals surface area contributed by atoms with Gasteiger partial charge in [-0.05, 0) is 18.2 Å². The largest absolute Gasteiger partial charge is 0.495 e. The molecule has 0 spiro atoms. The quantitative estimate of drug-likeness (QED) is 0.846. The molecule has 0 saturated carbocycles. The Labute approximate surface area is 129 Å². The van der Waals surface area contributed by atoms with Gasteiger partial charge in [-0.1, -0.05) is 0 Å². The molecule has 0 aliphatic carbocycles. The van der Waals surface area contributed by atoms with E-state index in [1.165, 1.54) is 14.0 Å². The van der Waals surface area contributed by atoms with E-state index in [0.717, 1.165) is 13.1 Å². The number of hydrogen-bond acceptors (Lipinski definition) is 5. The van der Waals surface area contributed by atoms with E-state index in [1.807, 2.05) is 4.90 Å². The van der Waals surface area contributed by atoms with Gasteiger partial charge in [0, 0.05) is 25.7 Å². The Bertz CT molecular complexity index is 542. The molecular weight excluding hydrogens is 286 g/mol. The van der Waals surface area contributed by atoms with Gasteiger partial charge in [0.2, 0.25) is 11.8 Å². The second-order valence-corrected chi connectivity index (χ2v) is 5.03. The van der Waals surface area contributed by atoms with Gasteiger partial charge >= 0.3 is 0 Å². The van der Waals surface area contributed by atoms with E-state index < -0.39 is 0 Å². The van der Waals surface area contributed by atoms with Crippen molar-refractivity contribution < 1.29 is 19.1 Å². The Hall–Kier alpha value is -2.12. The molecule has 0 atom stereocenters. The topological polar surface area (TPSA) is 79.9 Å². The smallest absolute Gasteiger partial charge is 0.238 e. The number of rotatable bonds is 5. The van der Waals surface area contributed by atoms with E-state index >= 15 is 0 Å². The van der Waals surface area contributed by atoms with Crippen molar-refractivity contribution in [2.45, 2.75) is 6.92 Å². The normalized spacial score (nSPS) is 15.2. The average Bonchev–Trinajstić information content (AvgIpc) is 2.48. The van der Waals surface area contributed by atoms with E-state index in [9.17, 15) is 9.59 Å². The first-order valence-corrected chi connectivity index (χ1v) is 7.14. The van der Waals surface area contributed by atoms with Crippen molar-refractivity contribution in [1.82, 2.24) is 4.90 Å². The van der Waals surface area contributed by atoms with E-state index in [4.69, 9.17) is 9.47 Å². The van der Waals surface area contributed by atoms with Gasteiger partial charge in [-0.15, -0.1) is 0 Å². The number of amides is 2. The van der Waals surface area contributed by atoms with Gasteiger partial charge in [-0.2, -0.15) is 0 Å². The zero-order chi connectivity index (χ0) is 15.9. The monoisotopic (exact) mass is 307 g/mol. The van der Waals surface area contributed by atoms with E-state index in [0.29, 0.717) is 36.9 Å². The Morgan fingerprint density at radius 3 is 2.64 bits per heavy atom. The van der Waals surface area contributed by atoms with Crippen LogP contribution in [0.2, 0.25) is 0 Å². The van der Waals surface area contributed by atoms with Crippen LogP contribution in [0.1, 0.15) is 6.92 Å². The number of nitrogens with zero attached hydrogens (tertiary/aromatic N) is 1. The molecule has 2 N–H and O–H groups in total. The second kappa shape index (κ2) is 7.77. The lowest BCUT2D eigenvalue weighted by Crippen LogP contribution is -2.41. The standard InChI is InChI=1S/C15H21N3O4/c1-11(19)16-12-3-4-14(21-2)13(9-12)17-15(20)10-18-5-7-22-8-6-18/h3-4,9H,5-8,10H2,1-2H3,(H,16,19)(H,17,20). The van der Waals surface area contributed by atoms with Crippen molar-refractivity contribution in [2.75, 3.05) is 50.6 Å². The Morgan fingerprint density at radius 2 is 2.00 bits per heavy atom. The molecule has 0 aromatic heterocycles. The van der Waals surface area contributed by atoms with E-state index in [-0.39, 0.29) is 11.8 Å². The SMILES string of the molecule is COc1ccc(NC(C)=O)cc1NC(=O)CN1CCOCC1. The number of nitrogens with one attached hydrogen (secondary N) is 2. The molecular formula is C15H21N3O4. The maximum atomic E-state index is 12.1. The molecule has 1 aromatic rings. The number of carbonyl (C=O) groups excluding carboxylic acids is 2. The molecule has 120 valence electrons. The lowest BCUT2D eigenvalue weighted by atomic mass is 10.2. The minimum absolute atomic E-state index is 0.125. The molecule has 1 aliphatic rings. The van der Waals surface area contributed by atoms with Gasteiger partial charge in [0.1, 0.15) is 5.75 Å². The maximum absolute atomic E-state index is 12.1. The summed E-state index contributed by atoms with van der Waals surface area (Å²) in [5, 5.41) is 5.50. The summed E-state index contributed by atoms with van der Waals surface area (Å²) in [6.45, 7) is 4.52. The third-order valence-electron chi connectivity index (χ3n) is 3.26. The molecule has 1 aliphatic heterocycles.